The fraction of sp³-hybridized carbons (Fsp3) is 0.588. The molecule has 0 unspecified atom stereocenters. The van der Waals surface area contributed by atoms with Gasteiger partial charge in [-0.05, 0) is 58.4 Å². The number of hydrogen-bond acceptors (Lipinski definition) is 2. The second-order valence-electron chi connectivity index (χ2n) is 6.89. The molecule has 0 aliphatic carbocycles. The molecule has 0 bridgehead atoms. The van der Waals surface area contributed by atoms with Gasteiger partial charge in [0.05, 0.1) is 0 Å². The predicted octanol–water partition coefficient (Wildman–Crippen LogP) is 4.27. The molecule has 0 saturated carbocycles. The lowest BCUT2D eigenvalue weighted by Crippen LogP contribution is -2.50. The summed E-state index contributed by atoms with van der Waals surface area (Å²) in [5.41, 5.74) is 0.622. The standard InChI is InChI=1S/C17H23ClFNO/c1-11(21)13-7-8-20(17(2,3)4)10-15(13)14-6-5-12(18)9-16(14)19/h5-6,9,13,15H,7-8,10H2,1-4H3/t13-,15+/m0/s1. The Morgan fingerprint density at radius 3 is 2.57 bits per heavy atom. The van der Waals surface area contributed by atoms with Crippen molar-refractivity contribution in [2.75, 3.05) is 13.1 Å². The monoisotopic (exact) mass is 311 g/mol. The van der Waals surface area contributed by atoms with Crippen LogP contribution in [0.3, 0.4) is 0 Å². The van der Waals surface area contributed by atoms with Crippen molar-refractivity contribution < 1.29 is 9.18 Å². The van der Waals surface area contributed by atoms with E-state index in [4.69, 9.17) is 11.6 Å². The minimum Gasteiger partial charge on any atom is -0.300 e. The third-order valence-electron chi connectivity index (χ3n) is 4.45. The fourth-order valence-electron chi connectivity index (χ4n) is 3.17. The first-order chi connectivity index (χ1) is 9.70. The largest absolute Gasteiger partial charge is 0.300 e. The van der Waals surface area contributed by atoms with E-state index >= 15 is 0 Å². The van der Waals surface area contributed by atoms with E-state index in [2.05, 4.69) is 25.7 Å². The molecule has 21 heavy (non-hydrogen) atoms. The predicted molar refractivity (Wildman–Crippen MR) is 84.3 cm³/mol. The normalized spacial score (nSPS) is 24.1. The number of benzene rings is 1. The second kappa shape index (κ2) is 6.05. The lowest BCUT2D eigenvalue weighted by molar-refractivity contribution is -0.123. The third kappa shape index (κ3) is 3.64. The molecule has 2 nitrogen and oxygen atoms in total. The quantitative estimate of drug-likeness (QED) is 0.813. The maximum absolute atomic E-state index is 14.3. The highest BCUT2D eigenvalue weighted by Crippen LogP contribution is 2.37. The number of nitrogens with zero attached hydrogens (tertiary/aromatic N) is 1. The van der Waals surface area contributed by atoms with Crippen LogP contribution in [-0.2, 0) is 4.79 Å². The summed E-state index contributed by atoms with van der Waals surface area (Å²) < 4.78 is 14.3. The highest BCUT2D eigenvalue weighted by molar-refractivity contribution is 6.30. The van der Waals surface area contributed by atoms with Crippen LogP contribution in [0.25, 0.3) is 0 Å². The van der Waals surface area contributed by atoms with E-state index in [-0.39, 0.29) is 29.0 Å². The molecule has 1 heterocycles. The highest BCUT2D eigenvalue weighted by Gasteiger charge is 2.37. The Hall–Kier alpha value is -0.930. The molecule has 0 radical (unpaired) electrons. The van der Waals surface area contributed by atoms with Gasteiger partial charge in [-0.25, -0.2) is 4.39 Å². The zero-order valence-corrected chi connectivity index (χ0v) is 13.9. The molecular weight excluding hydrogens is 289 g/mol. The number of ketones is 1. The van der Waals surface area contributed by atoms with Crippen molar-refractivity contribution in [1.29, 1.82) is 0 Å². The summed E-state index contributed by atoms with van der Waals surface area (Å²) in [6, 6.07) is 4.77. The van der Waals surface area contributed by atoms with Crippen LogP contribution in [0.15, 0.2) is 18.2 Å². The van der Waals surface area contributed by atoms with E-state index in [0.29, 0.717) is 17.1 Å². The summed E-state index contributed by atoms with van der Waals surface area (Å²) >= 11 is 5.84. The lowest BCUT2D eigenvalue weighted by Gasteiger charge is -2.44. The van der Waals surface area contributed by atoms with E-state index < -0.39 is 0 Å². The topological polar surface area (TPSA) is 20.3 Å². The van der Waals surface area contributed by atoms with Gasteiger partial charge in [0.1, 0.15) is 11.6 Å². The van der Waals surface area contributed by atoms with Crippen LogP contribution in [0.2, 0.25) is 5.02 Å². The SMILES string of the molecule is CC(=O)[C@@H]1CCN(C(C)(C)C)C[C@H]1c1ccc(Cl)cc1F. The van der Waals surface area contributed by atoms with Gasteiger partial charge in [-0.15, -0.1) is 0 Å². The summed E-state index contributed by atoms with van der Waals surface area (Å²) in [4.78, 5) is 14.3. The molecule has 0 N–H and O–H groups in total. The molecular formula is C17H23ClFNO. The Bertz CT molecular complexity index is 538. The molecule has 116 valence electrons. The van der Waals surface area contributed by atoms with Gasteiger partial charge in [0.2, 0.25) is 0 Å². The maximum Gasteiger partial charge on any atom is 0.133 e. The van der Waals surface area contributed by atoms with Crippen molar-refractivity contribution in [1.82, 2.24) is 4.90 Å². The molecule has 2 atom stereocenters. The van der Waals surface area contributed by atoms with Gasteiger partial charge in [0.15, 0.2) is 0 Å². The van der Waals surface area contributed by atoms with E-state index in [1.54, 1.807) is 19.1 Å². The second-order valence-corrected chi connectivity index (χ2v) is 7.33. The number of Topliss-reactive ketones (excluding diaryl/α,β-unsaturated/α-hetero) is 1. The van der Waals surface area contributed by atoms with Crippen molar-refractivity contribution in [3.05, 3.63) is 34.6 Å². The average Bonchev–Trinajstić information content (AvgIpc) is 2.37. The molecule has 0 aromatic heterocycles. The van der Waals surface area contributed by atoms with Crippen molar-refractivity contribution in [2.45, 2.75) is 45.6 Å². The molecule has 1 aromatic rings. The van der Waals surface area contributed by atoms with Gasteiger partial charge in [-0.3, -0.25) is 9.69 Å². The van der Waals surface area contributed by atoms with Gasteiger partial charge in [0.25, 0.3) is 0 Å². The minimum atomic E-state index is -0.311. The van der Waals surface area contributed by atoms with Gasteiger partial charge in [-0.2, -0.15) is 0 Å². The van der Waals surface area contributed by atoms with Crippen LogP contribution < -0.4 is 0 Å². The number of piperidine rings is 1. The van der Waals surface area contributed by atoms with Crippen LogP contribution in [0.5, 0.6) is 0 Å². The molecule has 1 saturated heterocycles. The Labute approximate surface area is 131 Å². The molecule has 0 spiro atoms. The first-order valence-corrected chi connectivity index (χ1v) is 7.78. The summed E-state index contributed by atoms with van der Waals surface area (Å²) in [5.74, 6) is -0.385. The molecule has 1 fully saturated rings. The number of rotatable bonds is 2. The zero-order chi connectivity index (χ0) is 15.8. The van der Waals surface area contributed by atoms with Crippen LogP contribution >= 0.6 is 11.6 Å². The van der Waals surface area contributed by atoms with Crippen molar-refractivity contribution in [3.63, 3.8) is 0 Å². The molecule has 1 aromatic carbocycles. The summed E-state index contributed by atoms with van der Waals surface area (Å²) in [7, 11) is 0. The van der Waals surface area contributed by atoms with Crippen molar-refractivity contribution in [3.8, 4) is 0 Å². The number of carbonyl (C=O) groups excluding carboxylic acids is 1. The lowest BCUT2D eigenvalue weighted by atomic mass is 9.77. The summed E-state index contributed by atoms with van der Waals surface area (Å²) in [5, 5.41) is 0.388. The number of likely N-dealkylation sites (tertiary alicyclic amines) is 1. The van der Waals surface area contributed by atoms with E-state index in [1.165, 1.54) is 6.07 Å². The van der Waals surface area contributed by atoms with Crippen LogP contribution in [-0.4, -0.2) is 29.3 Å². The van der Waals surface area contributed by atoms with Crippen molar-refractivity contribution >= 4 is 17.4 Å². The van der Waals surface area contributed by atoms with Crippen molar-refractivity contribution in [2.24, 2.45) is 5.92 Å². The molecule has 1 aliphatic rings. The maximum atomic E-state index is 14.3. The van der Waals surface area contributed by atoms with E-state index in [9.17, 15) is 9.18 Å². The molecule has 4 heteroatoms. The fourth-order valence-corrected chi connectivity index (χ4v) is 3.32. The van der Waals surface area contributed by atoms with Gasteiger partial charge >= 0.3 is 0 Å². The summed E-state index contributed by atoms with van der Waals surface area (Å²) in [6.07, 6.45) is 0.777. The Morgan fingerprint density at radius 2 is 2.05 bits per heavy atom. The van der Waals surface area contributed by atoms with Gasteiger partial charge in [0, 0.05) is 28.9 Å². The van der Waals surface area contributed by atoms with Crippen LogP contribution in [0.1, 0.15) is 45.6 Å². The van der Waals surface area contributed by atoms with Gasteiger partial charge < -0.3 is 0 Å². The number of carbonyl (C=O) groups is 1. The van der Waals surface area contributed by atoms with E-state index in [0.717, 1.165) is 13.0 Å². The number of hydrogen-bond donors (Lipinski definition) is 0. The summed E-state index contributed by atoms with van der Waals surface area (Å²) in [6.45, 7) is 9.63. The molecule has 1 aliphatic heterocycles. The minimum absolute atomic E-state index is 0.0168. The third-order valence-corrected chi connectivity index (χ3v) is 4.68. The first kappa shape index (κ1) is 16.4. The Balaban J connectivity index is 2.36. The highest BCUT2D eigenvalue weighted by atomic mass is 35.5. The number of halogens is 2. The first-order valence-electron chi connectivity index (χ1n) is 7.40. The van der Waals surface area contributed by atoms with E-state index in [1.807, 2.05) is 0 Å². The molecule has 0 amide bonds. The van der Waals surface area contributed by atoms with Crippen LogP contribution in [0.4, 0.5) is 4.39 Å². The Kier molecular flexibility index (Phi) is 4.74. The van der Waals surface area contributed by atoms with Crippen LogP contribution in [0, 0.1) is 11.7 Å². The average molecular weight is 312 g/mol. The molecule has 2 rings (SSSR count). The van der Waals surface area contributed by atoms with Gasteiger partial charge in [-0.1, -0.05) is 17.7 Å². The Morgan fingerprint density at radius 1 is 1.38 bits per heavy atom. The smallest absolute Gasteiger partial charge is 0.133 e. The zero-order valence-electron chi connectivity index (χ0n) is 13.1.